The van der Waals surface area contributed by atoms with Gasteiger partial charge in [0, 0.05) is 11.4 Å². The molecule has 0 radical (unpaired) electrons. The van der Waals surface area contributed by atoms with Gasteiger partial charge in [-0.25, -0.2) is 4.79 Å². The van der Waals surface area contributed by atoms with E-state index in [-0.39, 0.29) is 19.0 Å². The van der Waals surface area contributed by atoms with Crippen LogP contribution in [-0.4, -0.2) is 42.9 Å². The van der Waals surface area contributed by atoms with E-state index in [1.807, 2.05) is 58.0 Å². The van der Waals surface area contributed by atoms with Crippen molar-refractivity contribution in [2.24, 2.45) is 0 Å². The molecule has 0 aliphatic carbocycles. The Hall–Kier alpha value is -3.19. The number of carbonyl (C=O) groups is 3. The first-order valence-electron chi connectivity index (χ1n) is 9.38. The summed E-state index contributed by atoms with van der Waals surface area (Å²) in [5.41, 5.74) is 5.37. The Bertz CT molecular complexity index is 904. The molecule has 29 heavy (non-hydrogen) atoms. The SMILES string of the molecule is Cc1ccc(NC(=O)NC(=O)CN(C)CC(=O)Nc2c(C)cccc2C)c(C)c1. The summed E-state index contributed by atoms with van der Waals surface area (Å²) in [6.45, 7) is 7.64. The summed E-state index contributed by atoms with van der Waals surface area (Å²) in [7, 11) is 1.64. The molecular weight excluding hydrogens is 368 g/mol. The third-order valence-corrected chi connectivity index (χ3v) is 4.46. The highest BCUT2D eigenvalue weighted by Gasteiger charge is 2.15. The lowest BCUT2D eigenvalue weighted by Crippen LogP contribution is -2.42. The number of nitrogens with one attached hydrogen (secondary N) is 3. The first kappa shape index (κ1) is 22.1. The Labute approximate surface area is 171 Å². The Kier molecular flexibility index (Phi) is 7.50. The van der Waals surface area contributed by atoms with Gasteiger partial charge in [0.25, 0.3) is 0 Å². The van der Waals surface area contributed by atoms with Crippen molar-refractivity contribution in [2.75, 3.05) is 30.8 Å². The number of hydrogen-bond donors (Lipinski definition) is 3. The fourth-order valence-electron chi connectivity index (χ4n) is 3.01. The second kappa shape index (κ2) is 9.84. The molecule has 154 valence electrons. The van der Waals surface area contributed by atoms with Crippen LogP contribution in [-0.2, 0) is 9.59 Å². The zero-order chi connectivity index (χ0) is 21.6. The molecule has 0 unspecified atom stereocenters. The molecule has 7 nitrogen and oxygen atoms in total. The summed E-state index contributed by atoms with van der Waals surface area (Å²) in [5, 5.41) is 7.81. The summed E-state index contributed by atoms with van der Waals surface area (Å²) in [6.07, 6.45) is 0. The van der Waals surface area contributed by atoms with Gasteiger partial charge in [0.15, 0.2) is 0 Å². The Balaban J connectivity index is 1.82. The fraction of sp³-hybridized carbons (Fsp3) is 0.318. The fourth-order valence-corrected chi connectivity index (χ4v) is 3.01. The van der Waals surface area contributed by atoms with Gasteiger partial charge in [-0.2, -0.15) is 0 Å². The van der Waals surface area contributed by atoms with Gasteiger partial charge in [-0.05, 0) is 57.5 Å². The number of nitrogens with zero attached hydrogens (tertiary/aromatic N) is 1. The first-order valence-corrected chi connectivity index (χ1v) is 9.38. The smallest absolute Gasteiger partial charge is 0.324 e. The minimum absolute atomic E-state index is 0.0277. The molecule has 0 spiro atoms. The Morgan fingerprint density at radius 2 is 1.45 bits per heavy atom. The van der Waals surface area contributed by atoms with Crippen molar-refractivity contribution >= 4 is 29.2 Å². The van der Waals surface area contributed by atoms with Crippen LogP contribution in [0.4, 0.5) is 16.2 Å². The molecule has 2 aromatic rings. The van der Waals surface area contributed by atoms with E-state index in [0.717, 1.165) is 27.9 Å². The van der Waals surface area contributed by atoms with E-state index >= 15 is 0 Å². The molecule has 4 amide bonds. The molecule has 0 atom stereocenters. The topological polar surface area (TPSA) is 90.5 Å². The maximum absolute atomic E-state index is 12.3. The van der Waals surface area contributed by atoms with Crippen LogP contribution >= 0.6 is 0 Å². The van der Waals surface area contributed by atoms with E-state index in [2.05, 4.69) is 16.0 Å². The normalized spacial score (nSPS) is 10.6. The average Bonchev–Trinajstić information content (AvgIpc) is 2.60. The summed E-state index contributed by atoms with van der Waals surface area (Å²) < 4.78 is 0. The van der Waals surface area contributed by atoms with E-state index in [4.69, 9.17) is 0 Å². The third-order valence-electron chi connectivity index (χ3n) is 4.46. The standard InChI is InChI=1S/C22H28N4O3/c1-14-9-10-18(17(4)11-14)23-22(29)25-20(28)13-26(5)12-19(27)24-21-15(2)7-6-8-16(21)3/h6-11H,12-13H2,1-5H3,(H,24,27)(H2,23,25,28,29). The summed E-state index contributed by atoms with van der Waals surface area (Å²) >= 11 is 0. The Morgan fingerprint density at radius 1 is 0.828 bits per heavy atom. The van der Waals surface area contributed by atoms with Gasteiger partial charge in [0.1, 0.15) is 0 Å². The van der Waals surface area contributed by atoms with Gasteiger partial charge in [-0.3, -0.25) is 19.8 Å². The van der Waals surface area contributed by atoms with Crippen LogP contribution in [0.15, 0.2) is 36.4 Å². The van der Waals surface area contributed by atoms with Gasteiger partial charge < -0.3 is 10.6 Å². The summed E-state index contributed by atoms with van der Waals surface area (Å²) in [4.78, 5) is 38.0. The number of likely N-dealkylation sites (N-methyl/N-ethyl adjacent to an activating group) is 1. The maximum Gasteiger partial charge on any atom is 0.325 e. The molecule has 3 N–H and O–H groups in total. The first-order chi connectivity index (χ1) is 13.7. The van der Waals surface area contributed by atoms with Crippen molar-refractivity contribution in [1.29, 1.82) is 0 Å². The molecule has 2 aromatic carbocycles. The highest BCUT2D eigenvalue weighted by Crippen LogP contribution is 2.19. The zero-order valence-corrected chi connectivity index (χ0v) is 17.6. The molecule has 2 rings (SSSR count). The van der Waals surface area contributed by atoms with Gasteiger partial charge in [-0.1, -0.05) is 35.9 Å². The van der Waals surface area contributed by atoms with Crippen LogP contribution in [0.25, 0.3) is 0 Å². The second-order valence-corrected chi connectivity index (χ2v) is 7.31. The molecular formula is C22H28N4O3. The monoisotopic (exact) mass is 396 g/mol. The minimum Gasteiger partial charge on any atom is -0.324 e. The zero-order valence-electron chi connectivity index (χ0n) is 17.6. The predicted octanol–water partition coefficient (Wildman–Crippen LogP) is 3.14. The third kappa shape index (κ3) is 6.73. The van der Waals surface area contributed by atoms with E-state index in [0.29, 0.717) is 5.69 Å². The number of benzene rings is 2. The molecule has 0 aliphatic rings. The van der Waals surface area contributed by atoms with Crippen LogP contribution in [0.3, 0.4) is 0 Å². The number of anilines is 2. The summed E-state index contributed by atoms with van der Waals surface area (Å²) in [6, 6.07) is 10.8. The highest BCUT2D eigenvalue weighted by atomic mass is 16.2. The van der Waals surface area contributed by atoms with E-state index in [9.17, 15) is 14.4 Å². The van der Waals surface area contributed by atoms with Crippen molar-refractivity contribution in [3.05, 3.63) is 58.7 Å². The van der Waals surface area contributed by atoms with Gasteiger partial charge in [0.2, 0.25) is 11.8 Å². The largest absolute Gasteiger partial charge is 0.325 e. The number of amides is 4. The molecule has 0 bridgehead atoms. The number of rotatable bonds is 6. The van der Waals surface area contributed by atoms with Gasteiger partial charge in [-0.15, -0.1) is 0 Å². The van der Waals surface area contributed by atoms with Crippen molar-refractivity contribution in [3.8, 4) is 0 Å². The predicted molar refractivity (Wildman–Crippen MR) is 115 cm³/mol. The molecule has 0 fully saturated rings. The minimum atomic E-state index is -0.602. The average molecular weight is 396 g/mol. The molecule has 7 heteroatoms. The van der Waals surface area contributed by atoms with E-state index in [1.54, 1.807) is 18.0 Å². The quantitative estimate of drug-likeness (QED) is 0.700. The van der Waals surface area contributed by atoms with Crippen LogP contribution in [0, 0.1) is 27.7 Å². The van der Waals surface area contributed by atoms with E-state index in [1.165, 1.54) is 0 Å². The lowest BCUT2D eigenvalue weighted by atomic mass is 10.1. The highest BCUT2D eigenvalue weighted by molar-refractivity contribution is 6.02. The second-order valence-electron chi connectivity index (χ2n) is 7.31. The number of imide groups is 1. The van der Waals surface area contributed by atoms with Gasteiger partial charge >= 0.3 is 6.03 Å². The molecule has 0 saturated heterocycles. The summed E-state index contributed by atoms with van der Waals surface area (Å²) in [5.74, 6) is -0.716. The number of urea groups is 1. The lowest BCUT2D eigenvalue weighted by Gasteiger charge is -2.17. The molecule has 0 saturated carbocycles. The van der Waals surface area contributed by atoms with E-state index < -0.39 is 11.9 Å². The van der Waals surface area contributed by atoms with Crippen LogP contribution < -0.4 is 16.0 Å². The Morgan fingerprint density at radius 3 is 2.07 bits per heavy atom. The maximum atomic E-state index is 12.3. The molecule has 0 aliphatic heterocycles. The lowest BCUT2D eigenvalue weighted by molar-refractivity contribution is -0.122. The number of hydrogen-bond acceptors (Lipinski definition) is 4. The van der Waals surface area contributed by atoms with Crippen molar-refractivity contribution < 1.29 is 14.4 Å². The number of para-hydroxylation sites is 1. The molecule has 0 aromatic heterocycles. The van der Waals surface area contributed by atoms with Gasteiger partial charge in [0.05, 0.1) is 13.1 Å². The van der Waals surface area contributed by atoms with Crippen molar-refractivity contribution in [1.82, 2.24) is 10.2 Å². The van der Waals surface area contributed by atoms with Crippen LogP contribution in [0.1, 0.15) is 22.3 Å². The van der Waals surface area contributed by atoms with Crippen molar-refractivity contribution in [2.45, 2.75) is 27.7 Å². The number of carbonyl (C=O) groups excluding carboxylic acids is 3. The number of aryl methyl sites for hydroxylation is 4. The van der Waals surface area contributed by atoms with Crippen LogP contribution in [0.5, 0.6) is 0 Å². The van der Waals surface area contributed by atoms with Crippen LogP contribution in [0.2, 0.25) is 0 Å². The molecule has 0 heterocycles. The van der Waals surface area contributed by atoms with Crippen molar-refractivity contribution in [3.63, 3.8) is 0 Å².